The van der Waals surface area contributed by atoms with E-state index >= 15 is 0 Å². The molecular formula is C9H7BrCl2N4. The highest BCUT2D eigenvalue weighted by Crippen LogP contribution is 2.30. The Morgan fingerprint density at radius 3 is 2.25 bits per heavy atom. The second-order valence-corrected chi connectivity index (χ2v) is 4.72. The van der Waals surface area contributed by atoms with E-state index in [9.17, 15) is 0 Å². The van der Waals surface area contributed by atoms with Gasteiger partial charge in [0.15, 0.2) is 5.82 Å². The maximum Gasteiger partial charge on any atom is 0.166 e. The molecule has 0 bridgehead atoms. The van der Waals surface area contributed by atoms with Crippen molar-refractivity contribution in [2.45, 2.75) is 6.92 Å². The Hall–Kier alpha value is -0.650. The van der Waals surface area contributed by atoms with Gasteiger partial charge in [-0.2, -0.15) is 5.10 Å². The highest BCUT2D eigenvalue weighted by Gasteiger charge is 2.14. The highest BCUT2D eigenvalue weighted by atomic mass is 79.9. The van der Waals surface area contributed by atoms with Crippen molar-refractivity contribution in [3.8, 4) is 11.4 Å². The zero-order chi connectivity index (χ0) is 11.9. The molecule has 2 heterocycles. The summed E-state index contributed by atoms with van der Waals surface area (Å²) >= 11 is 15.0. The van der Waals surface area contributed by atoms with Crippen LogP contribution in [0.5, 0.6) is 0 Å². The molecule has 2 aromatic heterocycles. The molecule has 0 saturated heterocycles. The molecule has 0 saturated carbocycles. The number of aryl methyl sites for hydroxylation is 1. The summed E-state index contributed by atoms with van der Waals surface area (Å²) in [6, 6.07) is 0. The molecular weight excluding hydrogens is 315 g/mol. The third-order valence-corrected chi connectivity index (χ3v) is 4.00. The lowest BCUT2D eigenvalue weighted by Crippen LogP contribution is -1.95. The predicted octanol–water partition coefficient (Wildman–Crippen LogP) is 3.25. The molecule has 4 nitrogen and oxygen atoms in total. The molecule has 0 radical (unpaired) electrons. The van der Waals surface area contributed by atoms with Gasteiger partial charge in [0.05, 0.1) is 16.2 Å². The van der Waals surface area contributed by atoms with Gasteiger partial charge in [0, 0.05) is 12.7 Å². The first-order valence-electron chi connectivity index (χ1n) is 4.38. The molecule has 0 aliphatic heterocycles. The molecule has 2 rings (SSSR count). The van der Waals surface area contributed by atoms with Gasteiger partial charge < -0.3 is 0 Å². The van der Waals surface area contributed by atoms with E-state index < -0.39 is 0 Å². The van der Waals surface area contributed by atoms with Crippen LogP contribution in [0.1, 0.15) is 5.69 Å². The molecule has 0 unspecified atom stereocenters. The third-order valence-electron chi connectivity index (χ3n) is 2.25. The van der Waals surface area contributed by atoms with Gasteiger partial charge >= 0.3 is 0 Å². The van der Waals surface area contributed by atoms with Crippen LogP contribution in [0.2, 0.25) is 10.3 Å². The Kier molecular flexibility index (Phi) is 3.19. The van der Waals surface area contributed by atoms with Crippen molar-refractivity contribution < 1.29 is 0 Å². The Morgan fingerprint density at radius 2 is 1.81 bits per heavy atom. The van der Waals surface area contributed by atoms with Crippen molar-refractivity contribution in [3.63, 3.8) is 0 Å². The van der Waals surface area contributed by atoms with Crippen LogP contribution in [0.15, 0.2) is 10.7 Å². The molecule has 7 heteroatoms. The first-order chi connectivity index (χ1) is 7.50. The van der Waals surface area contributed by atoms with Gasteiger partial charge in [-0.25, -0.2) is 9.97 Å². The van der Waals surface area contributed by atoms with E-state index in [1.165, 1.54) is 0 Å². The van der Waals surface area contributed by atoms with Crippen molar-refractivity contribution in [2.75, 3.05) is 0 Å². The zero-order valence-electron chi connectivity index (χ0n) is 8.50. The van der Waals surface area contributed by atoms with Crippen molar-refractivity contribution in [1.29, 1.82) is 0 Å². The maximum atomic E-state index is 5.92. The van der Waals surface area contributed by atoms with Gasteiger partial charge in [0.2, 0.25) is 0 Å². The summed E-state index contributed by atoms with van der Waals surface area (Å²) in [4.78, 5) is 8.30. The van der Waals surface area contributed by atoms with Crippen LogP contribution in [0.4, 0.5) is 0 Å². The number of rotatable bonds is 1. The zero-order valence-corrected chi connectivity index (χ0v) is 11.6. The van der Waals surface area contributed by atoms with Crippen LogP contribution < -0.4 is 0 Å². The smallest absolute Gasteiger partial charge is 0.166 e. The molecule has 84 valence electrons. The van der Waals surface area contributed by atoms with Crippen LogP contribution >= 0.6 is 39.1 Å². The lowest BCUT2D eigenvalue weighted by molar-refractivity contribution is 0.740. The normalized spacial score (nSPS) is 10.8. The lowest BCUT2D eigenvalue weighted by atomic mass is 10.2. The molecule has 0 amide bonds. The van der Waals surface area contributed by atoms with E-state index in [0.29, 0.717) is 20.6 Å². The van der Waals surface area contributed by atoms with E-state index in [1.807, 2.05) is 14.0 Å². The van der Waals surface area contributed by atoms with Gasteiger partial charge in [-0.05, 0) is 22.9 Å². The van der Waals surface area contributed by atoms with Gasteiger partial charge in [-0.1, -0.05) is 23.2 Å². The Bertz CT molecular complexity index is 529. The minimum Gasteiger partial charge on any atom is -0.272 e. The monoisotopic (exact) mass is 320 g/mol. The second-order valence-electron chi connectivity index (χ2n) is 3.21. The predicted molar refractivity (Wildman–Crippen MR) is 66.7 cm³/mol. The van der Waals surface area contributed by atoms with Crippen LogP contribution in [0.25, 0.3) is 11.4 Å². The lowest BCUT2D eigenvalue weighted by Gasteiger charge is -2.03. The molecule has 0 aromatic carbocycles. The average molecular weight is 322 g/mol. The van der Waals surface area contributed by atoms with Gasteiger partial charge in [-0.3, -0.25) is 4.68 Å². The summed E-state index contributed by atoms with van der Waals surface area (Å²) in [5.74, 6) is 0.476. The molecule has 0 aliphatic carbocycles. The van der Waals surface area contributed by atoms with Crippen molar-refractivity contribution >= 4 is 39.1 Å². The molecule has 0 aliphatic rings. The summed E-state index contributed by atoms with van der Waals surface area (Å²) in [6.45, 7) is 1.93. The van der Waals surface area contributed by atoms with Gasteiger partial charge in [0.25, 0.3) is 0 Å². The van der Waals surface area contributed by atoms with Crippen molar-refractivity contribution in [3.05, 3.63) is 26.7 Å². The molecule has 0 atom stereocenters. The van der Waals surface area contributed by atoms with E-state index in [4.69, 9.17) is 23.2 Å². The summed E-state index contributed by atoms with van der Waals surface area (Å²) < 4.78 is 2.24. The summed E-state index contributed by atoms with van der Waals surface area (Å²) in [7, 11) is 1.85. The number of nitrogens with zero attached hydrogens (tertiary/aromatic N) is 4. The fourth-order valence-electron chi connectivity index (χ4n) is 1.23. The Labute approximate surface area is 111 Å². The fraction of sp³-hybridized carbons (Fsp3) is 0.222. The van der Waals surface area contributed by atoms with Crippen LogP contribution in [0.3, 0.4) is 0 Å². The second kappa shape index (κ2) is 4.31. The standard InChI is InChI=1S/C9H7BrCl2N4/c1-4-5(3-13-16(4)2)9-14-7(11)6(10)8(12)15-9/h3H,1-2H3. The topological polar surface area (TPSA) is 43.6 Å². The van der Waals surface area contributed by atoms with Crippen LogP contribution in [-0.2, 0) is 7.05 Å². The summed E-state index contributed by atoms with van der Waals surface area (Å²) in [6.07, 6.45) is 1.69. The van der Waals surface area contributed by atoms with Crippen molar-refractivity contribution in [2.24, 2.45) is 7.05 Å². The summed E-state index contributed by atoms with van der Waals surface area (Å²) in [5, 5.41) is 4.69. The highest BCUT2D eigenvalue weighted by molar-refractivity contribution is 9.10. The number of hydrogen-bond donors (Lipinski definition) is 0. The van der Waals surface area contributed by atoms with Gasteiger partial charge in [0.1, 0.15) is 10.3 Å². The molecule has 0 N–H and O–H groups in total. The number of hydrogen-bond acceptors (Lipinski definition) is 3. The van der Waals surface area contributed by atoms with Gasteiger partial charge in [-0.15, -0.1) is 0 Å². The minimum absolute atomic E-state index is 0.290. The molecule has 0 spiro atoms. The summed E-state index contributed by atoms with van der Waals surface area (Å²) in [5.41, 5.74) is 1.77. The van der Waals surface area contributed by atoms with E-state index in [1.54, 1.807) is 10.9 Å². The van der Waals surface area contributed by atoms with Crippen LogP contribution in [0, 0.1) is 6.92 Å². The first kappa shape index (κ1) is 11.8. The van der Waals surface area contributed by atoms with E-state index in [0.717, 1.165) is 11.3 Å². The molecule has 16 heavy (non-hydrogen) atoms. The Morgan fingerprint density at radius 1 is 1.25 bits per heavy atom. The minimum atomic E-state index is 0.290. The quantitative estimate of drug-likeness (QED) is 0.757. The van der Waals surface area contributed by atoms with Crippen molar-refractivity contribution in [1.82, 2.24) is 19.7 Å². The molecule has 0 fully saturated rings. The first-order valence-corrected chi connectivity index (χ1v) is 5.93. The maximum absolute atomic E-state index is 5.92. The fourth-order valence-corrected chi connectivity index (χ4v) is 1.80. The van der Waals surface area contributed by atoms with E-state index in [-0.39, 0.29) is 0 Å². The third kappa shape index (κ3) is 1.95. The SMILES string of the molecule is Cc1c(-c2nc(Cl)c(Br)c(Cl)n2)cnn1C. The van der Waals surface area contributed by atoms with E-state index in [2.05, 4.69) is 31.0 Å². The van der Waals surface area contributed by atoms with Crippen LogP contribution in [-0.4, -0.2) is 19.7 Å². The Balaban J connectivity index is 2.61. The average Bonchev–Trinajstić information content (AvgIpc) is 2.56. The number of halogens is 3. The molecule has 2 aromatic rings. The number of aromatic nitrogens is 4. The largest absolute Gasteiger partial charge is 0.272 e.